The normalized spacial score (nSPS) is 27.6. The third-order valence-corrected chi connectivity index (χ3v) is 3.38. The van der Waals surface area contributed by atoms with E-state index in [1.54, 1.807) is 0 Å². The van der Waals surface area contributed by atoms with E-state index in [0.717, 1.165) is 11.8 Å². The van der Waals surface area contributed by atoms with E-state index in [0.29, 0.717) is 0 Å². The van der Waals surface area contributed by atoms with Crippen LogP contribution in [0.1, 0.15) is 65.2 Å². The van der Waals surface area contributed by atoms with Crippen molar-refractivity contribution >= 4 is 0 Å². The maximum atomic E-state index is 2.38. The fourth-order valence-corrected chi connectivity index (χ4v) is 2.39. The van der Waals surface area contributed by atoms with Crippen LogP contribution in [0.2, 0.25) is 0 Å². The number of unbranched alkanes of at least 4 members (excludes halogenated alkanes) is 4. The number of rotatable bonds is 4. The molecule has 0 aromatic heterocycles. The molecular formula is C14H26. The Hall–Kier alpha value is -0.260. The lowest BCUT2D eigenvalue weighted by molar-refractivity contribution is 0.656. The van der Waals surface area contributed by atoms with Gasteiger partial charge in [0.2, 0.25) is 0 Å². The summed E-state index contributed by atoms with van der Waals surface area (Å²) >= 11 is 0. The highest BCUT2D eigenvalue weighted by Crippen LogP contribution is 2.38. The molecule has 0 aromatic carbocycles. The van der Waals surface area contributed by atoms with Gasteiger partial charge in [-0.05, 0) is 31.1 Å². The van der Waals surface area contributed by atoms with E-state index >= 15 is 0 Å². The SMILES string of the molecule is C1=CC2CCC1C2.CCCCCCC. The van der Waals surface area contributed by atoms with Crippen LogP contribution >= 0.6 is 0 Å². The molecule has 2 bridgehead atoms. The van der Waals surface area contributed by atoms with E-state index in [9.17, 15) is 0 Å². The molecule has 2 aliphatic carbocycles. The van der Waals surface area contributed by atoms with E-state index in [1.807, 2.05) is 0 Å². The van der Waals surface area contributed by atoms with Crippen molar-refractivity contribution in [3.63, 3.8) is 0 Å². The molecule has 14 heavy (non-hydrogen) atoms. The van der Waals surface area contributed by atoms with Crippen molar-refractivity contribution in [2.24, 2.45) is 11.8 Å². The van der Waals surface area contributed by atoms with Crippen molar-refractivity contribution in [2.75, 3.05) is 0 Å². The van der Waals surface area contributed by atoms with Crippen LogP contribution in [0.4, 0.5) is 0 Å². The minimum Gasteiger partial charge on any atom is -0.0851 e. The molecule has 0 heteroatoms. The highest BCUT2D eigenvalue weighted by Gasteiger charge is 2.25. The second-order valence-corrected chi connectivity index (χ2v) is 4.78. The Morgan fingerprint density at radius 3 is 1.57 bits per heavy atom. The summed E-state index contributed by atoms with van der Waals surface area (Å²) in [4.78, 5) is 0. The van der Waals surface area contributed by atoms with Gasteiger partial charge in [-0.1, -0.05) is 58.1 Å². The van der Waals surface area contributed by atoms with Crippen LogP contribution < -0.4 is 0 Å². The van der Waals surface area contributed by atoms with Crippen molar-refractivity contribution in [3.05, 3.63) is 12.2 Å². The fourth-order valence-electron chi connectivity index (χ4n) is 2.39. The van der Waals surface area contributed by atoms with E-state index in [1.165, 1.54) is 51.4 Å². The Balaban J connectivity index is 0.000000140. The van der Waals surface area contributed by atoms with Crippen LogP contribution in [0.15, 0.2) is 12.2 Å². The Morgan fingerprint density at radius 1 is 0.857 bits per heavy atom. The predicted octanol–water partition coefficient (Wildman–Crippen LogP) is 4.95. The Bertz CT molecular complexity index is 141. The van der Waals surface area contributed by atoms with Gasteiger partial charge >= 0.3 is 0 Å². The average Bonchev–Trinajstić information content (AvgIpc) is 2.83. The van der Waals surface area contributed by atoms with Gasteiger partial charge in [0.1, 0.15) is 0 Å². The molecule has 2 unspecified atom stereocenters. The van der Waals surface area contributed by atoms with Gasteiger partial charge in [0.05, 0.1) is 0 Å². The van der Waals surface area contributed by atoms with Crippen LogP contribution in [0, 0.1) is 11.8 Å². The zero-order valence-corrected chi connectivity index (χ0v) is 9.97. The molecule has 2 aliphatic rings. The molecule has 0 saturated heterocycles. The van der Waals surface area contributed by atoms with E-state index in [-0.39, 0.29) is 0 Å². The predicted molar refractivity (Wildman–Crippen MR) is 64.4 cm³/mol. The third kappa shape index (κ3) is 4.30. The van der Waals surface area contributed by atoms with Crippen LogP contribution in [0.3, 0.4) is 0 Å². The van der Waals surface area contributed by atoms with Gasteiger partial charge in [0, 0.05) is 0 Å². The third-order valence-electron chi connectivity index (χ3n) is 3.38. The number of fused-ring (bicyclic) bond motifs is 2. The van der Waals surface area contributed by atoms with Crippen LogP contribution in [0.25, 0.3) is 0 Å². The molecule has 2 atom stereocenters. The van der Waals surface area contributed by atoms with Crippen molar-refractivity contribution in [3.8, 4) is 0 Å². The first-order valence-electron chi connectivity index (χ1n) is 6.55. The molecule has 0 amide bonds. The number of allylic oxidation sites excluding steroid dienone is 2. The summed E-state index contributed by atoms with van der Waals surface area (Å²) < 4.78 is 0. The molecule has 0 aromatic rings. The summed E-state index contributed by atoms with van der Waals surface area (Å²) in [5.41, 5.74) is 0. The minimum atomic E-state index is 0.991. The number of hydrogen-bond acceptors (Lipinski definition) is 0. The van der Waals surface area contributed by atoms with Gasteiger partial charge in [0.15, 0.2) is 0 Å². The van der Waals surface area contributed by atoms with Crippen LogP contribution in [-0.4, -0.2) is 0 Å². The quantitative estimate of drug-likeness (QED) is 0.439. The zero-order valence-electron chi connectivity index (χ0n) is 9.97. The maximum absolute atomic E-state index is 2.38. The Kier molecular flexibility index (Phi) is 5.98. The summed E-state index contributed by atoms with van der Waals surface area (Å²) in [7, 11) is 0. The molecule has 0 N–H and O–H groups in total. The Morgan fingerprint density at radius 2 is 1.36 bits per heavy atom. The molecule has 0 radical (unpaired) electrons. The van der Waals surface area contributed by atoms with Gasteiger partial charge in [-0.25, -0.2) is 0 Å². The molecule has 1 fully saturated rings. The van der Waals surface area contributed by atoms with Gasteiger partial charge in [-0.15, -0.1) is 0 Å². The summed E-state index contributed by atoms with van der Waals surface area (Å²) in [5.74, 6) is 1.98. The monoisotopic (exact) mass is 194 g/mol. The van der Waals surface area contributed by atoms with E-state index < -0.39 is 0 Å². The molecule has 1 saturated carbocycles. The summed E-state index contributed by atoms with van der Waals surface area (Å²) in [5, 5.41) is 0. The lowest BCUT2D eigenvalue weighted by Gasteiger charge is -1.96. The molecule has 0 spiro atoms. The second kappa shape index (κ2) is 7.09. The molecule has 0 nitrogen and oxygen atoms in total. The smallest absolute Gasteiger partial charge is 0.0228 e. The first-order chi connectivity index (χ1) is 6.86. The fraction of sp³-hybridized carbons (Fsp3) is 0.857. The topological polar surface area (TPSA) is 0 Å². The number of hydrogen-bond donors (Lipinski definition) is 0. The highest BCUT2D eigenvalue weighted by molar-refractivity contribution is 5.06. The largest absolute Gasteiger partial charge is 0.0851 e. The highest BCUT2D eigenvalue weighted by atomic mass is 14.3. The van der Waals surface area contributed by atoms with Crippen molar-refractivity contribution in [2.45, 2.75) is 65.2 Å². The second-order valence-electron chi connectivity index (χ2n) is 4.78. The molecule has 0 heterocycles. The van der Waals surface area contributed by atoms with Crippen molar-refractivity contribution in [1.29, 1.82) is 0 Å². The maximum Gasteiger partial charge on any atom is -0.0228 e. The van der Waals surface area contributed by atoms with Gasteiger partial charge in [0.25, 0.3) is 0 Å². The lowest BCUT2D eigenvalue weighted by atomic mass is 10.1. The van der Waals surface area contributed by atoms with Gasteiger partial charge in [-0.3, -0.25) is 0 Å². The van der Waals surface area contributed by atoms with Gasteiger partial charge < -0.3 is 0 Å². The standard InChI is InChI=1S/C7H10.C7H16/c1-2-7-4-3-6(1)5-7;1-3-5-7-6-4-2/h1-2,6-7H,3-5H2;3-7H2,1-2H3. The minimum absolute atomic E-state index is 0.991. The van der Waals surface area contributed by atoms with Gasteiger partial charge in [-0.2, -0.15) is 0 Å². The van der Waals surface area contributed by atoms with Crippen molar-refractivity contribution in [1.82, 2.24) is 0 Å². The molecule has 0 aliphatic heterocycles. The van der Waals surface area contributed by atoms with E-state index in [4.69, 9.17) is 0 Å². The van der Waals surface area contributed by atoms with Crippen LogP contribution in [-0.2, 0) is 0 Å². The summed E-state index contributed by atoms with van der Waals surface area (Å²) in [6.07, 6.45) is 16.2. The zero-order chi connectivity index (χ0) is 10.2. The first kappa shape index (κ1) is 11.8. The molecular weight excluding hydrogens is 168 g/mol. The van der Waals surface area contributed by atoms with Crippen molar-refractivity contribution < 1.29 is 0 Å². The first-order valence-corrected chi connectivity index (χ1v) is 6.55. The van der Waals surface area contributed by atoms with Crippen LogP contribution in [0.5, 0.6) is 0 Å². The lowest BCUT2D eigenvalue weighted by Crippen LogP contribution is -1.82. The summed E-state index contributed by atoms with van der Waals surface area (Å²) in [6, 6.07) is 0. The molecule has 2 rings (SSSR count). The molecule has 82 valence electrons. The van der Waals surface area contributed by atoms with E-state index in [2.05, 4.69) is 26.0 Å². The summed E-state index contributed by atoms with van der Waals surface area (Å²) in [6.45, 7) is 4.49. The average molecular weight is 194 g/mol. The Labute approximate surface area is 89.8 Å².